The van der Waals surface area contributed by atoms with Crippen LogP contribution in [0.1, 0.15) is 29.7 Å². The Hall–Kier alpha value is -2.36. The van der Waals surface area contributed by atoms with Crippen LogP contribution in [0.4, 0.5) is 13.2 Å². The van der Waals surface area contributed by atoms with E-state index < -0.39 is 33.7 Å². The molecule has 30 heavy (non-hydrogen) atoms. The number of halogens is 4. The van der Waals surface area contributed by atoms with Gasteiger partial charge in [0, 0.05) is 25.2 Å². The first-order valence-corrected chi connectivity index (χ1v) is 10.5. The number of hydrogen-bond acceptors (Lipinski definition) is 3. The molecule has 0 bridgehead atoms. The van der Waals surface area contributed by atoms with Gasteiger partial charge in [-0.25, -0.2) is 12.7 Å². The van der Waals surface area contributed by atoms with Crippen LogP contribution in [0, 0.1) is 0 Å². The van der Waals surface area contributed by atoms with Crippen molar-refractivity contribution in [2.24, 2.45) is 0 Å². The summed E-state index contributed by atoms with van der Waals surface area (Å²) in [6.07, 6.45) is -2.23. The average Bonchev–Trinajstić information content (AvgIpc) is 2.66. The Labute approximate surface area is 178 Å². The van der Waals surface area contributed by atoms with Crippen LogP contribution in [0.5, 0.6) is 0 Å². The van der Waals surface area contributed by atoms with E-state index in [2.05, 4.69) is 5.32 Å². The fourth-order valence-electron chi connectivity index (χ4n) is 2.50. The molecule has 1 atom stereocenters. The van der Waals surface area contributed by atoms with E-state index in [9.17, 15) is 26.4 Å². The summed E-state index contributed by atoms with van der Waals surface area (Å²) in [7, 11) is -0.706. The maximum Gasteiger partial charge on any atom is 0.416 e. The second-order valence-corrected chi connectivity index (χ2v) is 9.21. The van der Waals surface area contributed by atoms with Crippen molar-refractivity contribution in [3.8, 4) is 0 Å². The lowest BCUT2D eigenvalue weighted by atomic mass is 10.1. The second kappa shape index (κ2) is 9.20. The lowest BCUT2D eigenvalue weighted by molar-refractivity contribution is -0.137. The summed E-state index contributed by atoms with van der Waals surface area (Å²) in [5.74, 6) is -0.541. The third-order valence-electron chi connectivity index (χ3n) is 4.26. The third kappa shape index (κ3) is 5.84. The molecule has 1 amide bonds. The number of nitrogens with zero attached hydrogens (tertiary/aromatic N) is 1. The van der Waals surface area contributed by atoms with Crippen LogP contribution in [0.25, 0.3) is 6.08 Å². The van der Waals surface area contributed by atoms with Crippen LogP contribution in [0.15, 0.2) is 53.4 Å². The van der Waals surface area contributed by atoms with Crippen molar-refractivity contribution in [1.29, 1.82) is 0 Å². The van der Waals surface area contributed by atoms with Crippen LogP contribution in [-0.2, 0) is 21.0 Å². The van der Waals surface area contributed by atoms with Crippen LogP contribution < -0.4 is 5.32 Å². The van der Waals surface area contributed by atoms with Gasteiger partial charge < -0.3 is 5.32 Å². The third-order valence-corrected chi connectivity index (χ3v) is 6.43. The van der Waals surface area contributed by atoms with Crippen LogP contribution in [0.3, 0.4) is 0 Å². The number of carbonyl (C=O) groups excluding carboxylic acids is 1. The normalized spacial score (nSPS) is 13.6. The first-order chi connectivity index (χ1) is 13.8. The molecule has 162 valence electrons. The molecule has 0 saturated heterocycles. The van der Waals surface area contributed by atoms with Crippen molar-refractivity contribution in [3.05, 3.63) is 70.3 Å². The molecular weight excluding hydrogens is 441 g/mol. The van der Waals surface area contributed by atoms with E-state index in [1.54, 1.807) is 19.1 Å². The van der Waals surface area contributed by atoms with Gasteiger partial charge in [-0.1, -0.05) is 23.7 Å². The number of amides is 1. The summed E-state index contributed by atoms with van der Waals surface area (Å²) in [5, 5.41) is 2.74. The van der Waals surface area contributed by atoms with Crippen molar-refractivity contribution in [2.75, 3.05) is 14.1 Å². The summed E-state index contributed by atoms with van der Waals surface area (Å²) in [6, 6.07) is 8.41. The molecular formula is C20H20ClF3N2O3S. The van der Waals surface area contributed by atoms with Gasteiger partial charge in [-0.2, -0.15) is 13.2 Å². The zero-order valence-corrected chi connectivity index (χ0v) is 17.9. The number of benzene rings is 2. The Morgan fingerprint density at radius 1 is 1.13 bits per heavy atom. The van der Waals surface area contributed by atoms with Crippen molar-refractivity contribution < 1.29 is 26.4 Å². The molecule has 2 aromatic carbocycles. The van der Waals surface area contributed by atoms with Gasteiger partial charge in [0.15, 0.2) is 0 Å². The first kappa shape index (κ1) is 23.9. The maximum absolute atomic E-state index is 12.8. The van der Waals surface area contributed by atoms with E-state index in [-0.39, 0.29) is 15.5 Å². The Kier molecular flexibility index (Phi) is 7.33. The summed E-state index contributed by atoms with van der Waals surface area (Å²) in [4.78, 5) is 12.3. The fraction of sp³-hybridized carbons (Fsp3) is 0.250. The summed E-state index contributed by atoms with van der Waals surface area (Å²) in [5.41, 5.74) is -0.146. The number of nitrogens with one attached hydrogen (secondary N) is 1. The molecule has 0 fully saturated rings. The van der Waals surface area contributed by atoms with Crippen molar-refractivity contribution >= 4 is 33.6 Å². The van der Waals surface area contributed by atoms with Crippen molar-refractivity contribution in [3.63, 3.8) is 0 Å². The topological polar surface area (TPSA) is 66.5 Å². The molecule has 0 radical (unpaired) electrons. The summed E-state index contributed by atoms with van der Waals surface area (Å²) >= 11 is 5.90. The zero-order valence-electron chi connectivity index (χ0n) is 16.4. The fourth-order valence-corrected chi connectivity index (χ4v) is 3.58. The highest BCUT2D eigenvalue weighted by molar-refractivity contribution is 7.89. The lowest BCUT2D eigenvalue weighted by Crippen LogP contribution is -2.25. The van der Waals surface area contributed by atoms with Gasteiger partial charge in [0.05, 0.1) is 16.5 Å². The van der Waals surface area contributed by atoms with Gasteiger partial charge >= 0.3 is 6.18 Å². The Balaban J connectivity index is 2.10. The van der Waals surface area contributed by atoms with Crippen LogP contribution in [-0.4, -0.2) is 32.7 Å². The molecule has 0 heterocycles. The molecule has 1 N–H and O–H groups in total. The van der Waals surface area contributed by atoms with E-state index in [0.29, 0.717) is 5.56 Å². The van der Waals surface area contributed by atoms with Crippen LogP contribution >= 0.6 is 11.6 Å². The molecule has 2 rings (SSSR count). The highest BCUT2D eigenvalue weighted by Crippen LogP contribution is 2.32. The van der Waals surface area contributed by atoms with Crippen molar-refractivity contribution in [1.82, 2.24) is 9.62 Å². The molecule has 1 unspecified atom stereocenters. The number of alkyl halides is 3. The van der Waals surface area contributed by atoms with Gasteiger partial charge in [0.1, 0.15) is 0 Å². The van der Waals surface area contributed by atoms with Crippen LogP contribution in [0.2, 0.25) is 5.02 Å². The molecule has 0 aliphatic carbocycles. The molecule has 10 heteroatoms. The maximum atomic E-state index is 12.8. The van der Waals surface area contributed by atoms with E-state index in [1.165, 1.54) is 32.3 Å². The standard InChI is InChI=1S/C20H20ClF3N2O3S/c1-13(14-4-8-17(9-5-14)30(28,29)26(2)3)25-19(27)11-6-15-12-16(20(22,23)24)7-10-18(15)21/h4-13H,1-3H3,(H,25,27)/b11-6+. The Morgan fingerprint density at radius 2 is 1.73 bits per heavy atom. The van der Waals surface area contributed by atoms with Gasteiger partial charge in [-0.15, -0.1) is 0 Å². The first-order valence-electron chi connectivity index (χ1n) is 8.70. The highest BCUT2D eigenvalue weighted by Gasteiger charge is 2.30. The van der Waals surface area contributed by atoms with E-state index in [0.717, 1.165) is 28.6 Å². The van der Waals surface area contributed by atoms with Crippen molar-refractivity contribution in [2.45, 2.75) is 24.0 Å². The summed E-state index contributed by atoms with van der Waals surface area (Å²) in [6.45, 7) is 1.69. The minimum Gasteiger partial charge on any atom is -0.346 e. The molecule has 0 aliphatic heterocycles. The average molecular weight is 461 g/mol. The molecule has 0 aromatic heterocycles. The molecule has 0 saturated carbocycles. The molecule has 5 nitrogen and oxygen atoms in total. The van der Waals surface area contributed by atoms with E-state index in [4.69, 9.17) is 11.6 Å². The molecule has 0 spiro atoms. The Morgan fingerprint density at radius 3 is 2.27 bits per heavy atom. The molecule has 2 aromatic rings. The quantitative estimate of drug-likeness (QED) is 0.645. The molecule has 0 aliphatic rings. The van der Waals surface area contributed by atoms with E-state index in [1.807, 2.05) is 0 Å². The highest BCUT2D eigenvalue weighted by atomic mass is 35.5. The van der Waals surface area contributed by atoms with E-state index >= 15 is 0 Å². The summed E-state index contributed by atoms with van der Waals surface area (Å²) < 4.78 is 63.7. The zero-order chi connectivity index (χ0) is 22.7. The lowest BCUT2D eigenvalue weighted by Gasteiger charge is -2.15. The number of hydrogen-bond donors (Lipinski definition) is 1. The number of sulfonamides is 1. The monoisotopic (exact) mass is 460 g/mol. The van der Waals surface area contributed by atoms with Gasteiger partial charge in [-0.3, -0.25) is 4.79 Å². The number of rotatable bonds is 6. The minimum absolute atomic E-state index is 0.0625. The predicted octanol–water partition coefficient (Wildman–Crippen LogP) is 4.50. The Bertz CT molecular complexity index is 1050. The van der Waals surface area contributed by atoms with Gasteiger partial charge in [0.25, 0.3) is 0 Å². The number of carbonyl (C=O) groups is 1. The smallest absolute Gasteiger partial charge is 0.346 e. The second-order valence-electron chi connectivity index (χ2n) is 6.65. The predicted molar refractivity (Wildman–Crippen MR) is 109 cm³/mol. The largest absolute Gasteiger partial charge is 0.416 e. The SMILES string of the molecule is CC(NC(=O)/C=C/c1cc(C(F)(F)F)ccc1Cl)c1ccc(S(=O)(=O)N(C)C)cc1. The van der Waals surface area contributed by atoms with Gasteiger partial charge in [-0.05, 0) is 54.5 Å². The van der Waals surface area contributed by atoms with Gasteiger partial charge in [0.2, 0.25) is 15.9 Å². The minimum atomic E-state index is -4.52.